The molecule has 0 saturated carbocycles. The minimum absolute atomic E-state index is 0.0881. The minimum atomic E-state index is -0.0881. The Kier molecular flexibility index (Phi) is 8.41. The van der Waals surface area contributed by atoms with Crippen molar-refractivity contribution in [3.8, 4) is 89.8 Å². The maximum Gasteiger partial charge on any atom is 0.260 e. The van der Waals surface area contributed by atoms with Crippen molar-refractivity contribution in [3.05, 3.63) is 211 Å². The van der Waals surface area contributed by atoms with Gasteiger partial charge in [-0.05, 0) is 146 Å². The third-order valence-electron chi connectivity index (χ3n) is 12.1. The summed E-state index contributed by atoms with van der Waals surface area (Å²) < 4.78 is 14.3. The van der Waals surface area contributed by atoms with Crippen molar-refractivity contribution in [2.45, 2.75) is 13.8 Å². The molecule has 0 amide bonds. The van der Waals surface area contributed by atoms with Crippen LogP contribution in [0.4, 0.5) is 0 Å². The molecule has 3 heteroatoms. The van der Waals surface area contributed by atoms with E-state index in [4.69, 9.17) is 9.47 Å². The molecule has 59 heavy (non-hydrogen) atoms. The van der Waals surface area contributed by atoms with Gasteiger partial charge in [0.1, 0.15) is 23.0 Å². The molecule has 0 fully saturated rings. The first-order valence-corrected chi connectivity index (χ1v) is 20.4. The molecule has 0 N–H and O–H groups in total. The number of hydrogen-bond donors (Lipinski definition) is 0. The number of fused-ring (bicyclic) bond motifs is 4. The van der Waals surface area contributed by atoms with E-state index in [9.17, 15) is 0 Å². The summed E-state index contributed by atoms with van der Waals surface area (Å²) in [4.78, 5) is 0. The van der Waals surface area contributed by atoms with Crippen molar-refractivity contribution >= 4 is 23.1 Å². The maximum atomic E-state index is 7.15. The molecule has 2 aliphatic heterocycles. The zero-order valence-electron chi connectivity index (χ0n) is 32.9. The number of benzene rings is 9. The molecule has 0 aliphatic carbocycles. The normalized spacial score (nSPS) is 12.1. The van der Waals surface area contributed by atoms with Gasteiger partial charge in [-0.25, -0.2) is 0 Å². The van der Waals surface area contributed by atoms with Gasteiger partial charge >= 0.3 is 0 Å². The van der Waals surface area contributed by atoms with Crippen LogP contribution in [0, 0.1) is 13.8 Å². The lowest BCUT2D eigenvalue weighted by atomic mass is 9.34. The summed E-state index contributed by atoms with van der Waals surface area (Å²) in [6.07, 6.45) is 0. The highest BCUT2D eigenvalue weighted by Gasteiger charge is 2.42. The zero-order chi connectivity index (χ0) is 39.5. The van der Waals surface area contributed by atoms with Crippen molar-refractivity contribution < 1.29 is 9.47 Å². The highest BCUT2D eigenvalue weighted by molar-refractivity contribution is 6.98. The predicted octanol–water partition coefficient (Wildman–Crippen LogP) is 13.0. The lowest BCUT2D eigenvalue weighted by molar-refractivity contribution is 0.467. The van der Waals surface area contributed by atoms with Crippen LogP contribution < -0.4 is 25.9 Å². The SMILES string of the molecule is Cc1ccccc1-c1cc(-c2ccccc2)cc(-c2cc(-c3cc(-c4ccccc4)cc(-c4ccccc4C)c3)c3c4c2Oc2ccccc2B4c2ccccc2O3)c1. The van der Waals surface area contributed by atoms with Crippen molar-refractivity contribution in [1.82, 2.24) is 0 Å². The average molecular weight is 755 g/mol. The summed E-state index contributed by atoms with van der Waals surface area (Å²) >= 11 is 0. The second-order valence-electron chi connectivity index (χ2n) is 15.7. The number of hydrogen-bond acceptors (Lipinski definition) is 2. The number of rotatable bonds is 6. The van der Waals surface area contributed by atoms with Crippen molar-refractivity contribution in [2.75, 3.05) is 0 Å². The quantitative estimate of drug-likeness (QED) is 0.157. The topological polar surface area (TPSA) is 18.5 Å². The van der Waals surface area contributed by atoms with E-state index in [2.05, 4.69) is 214 Å². The highest BCUT2D eigenvalue weighted by atomic mass is 16.5. The van der Waals surface area contributed by atoms with Gasteiger partial charge in [0.2, 0.25) is 0 Å². The van der Waals surface area contributed by atoms with Crippen LogP contribution in [0.3, 0.4) is 0 Å². The summed E-state index contributed by atoms with van der Waals surface area (Å²) in [5, 5.41) is 0. The van der Waals surface area contributed by atoms with E-state index >= 15 is 0 Å². The Morgan fingerprint density at radius 2 is 0.661 bits per heavy atom. The molecule has 0 atom stereocenters. The molecule has 11 rings (SSSR count). The Hall–Kier alpha value is -7.36. The fraction of sp³-hybridized carbons (Fsp3) is 0.0357. The monoisotopic (exact) mass is 754 g/mol. The van der Waals surface area contributed by atoms with Gasteiger partial charge < -0.3 is 9.47 Å². The van der Waals surface area contributed by atoms with Gasteiger partial charge in [0, 0.05) is 16.6 Å². The molecular formula is C56H39BO2. The second kappa shape index (κ2) is 14.2. The second-order valence-corrected chi connectivity index (χ2v) is 15.7. The number of ether oxygens (including phenoxy) is 2. The predicted molar refractivity (Wildman–Crippen MR) is 246 cm³/mol. The van der Waals surface area contributed by atoms with Gasteiger partial charge in [0.05, 0.1) is 0 Å². The number of aryl methyl sites for hydroxylation is 2. The van der Waals surface area contributed by atoms with Crippen molar-refractivity contribution in [1.29, 1.82) is 0 Å². The Balaban J connectivity index is 1.25. The lowest BCUT2D eigenvalue weighted by Crippen LogP contribution is -2.57. The maximum absolute atomic E-state index is 7.15. The van der Waals surface area contributed by atoms with Crippen LogP contribution in [0.25, 0.3) is 66.8 Å². The van der Waals surface area contributed by atoms with E-state index in [1.807, 2.05) is 0 Å². The molecule has 9 aromatic carbocycles. The Labute approximate surface area is 346 Å². The molecule has 0 radical (unpaired) electrons. The van der Waals surface area contributed by atoms with Crippen LogP contribution in [-0.2, 0) is 0 Å². The molecule has 2 nitrogen and oxygen atoms in total. The van der Waals surface area contributed by atoms with Crippen LogP contribution in [-0.4, -0.2) is 6.71 Å². The number of para-hydroxylation sites is 2. The average Bonchev–Trinajstić information content (AvgIpc) is 3.29. The first kappa shape index (κ1) is 34.9. The van der Waals surface area contributed by atoms with Crippen LogP contribution in [0.15, 0.2) is 200 Å². The smallest absolute Gasteiger partial charge is 0.260 e. The molecule has 278 valence electrons. The summed E-state index contributed by atoms with van der Waals surface area (Å²) in [5.41, 5.74) is 19.4. The highest BCUT2D eigenvalue weighted by Crippen LogP contribution is 2.48. The van der Waals surface area contributed by atoms with Gasteiger partial charge in [-0.2, -0.15) is 0 Å². The summed E-state index contributed by atoms with van der Waals surface area (Å²) in [7, 11) is 0. The van der Waals surface area contributed by atoms with E-state index in [-0.39, 0.29) is 6.71 Å². The lowest BCUT2D eigenvalue weighted by Gasteiger charge is -2.35. The van der Waals surface area contributed by atoms with E-state index < -0.39 is 0 Å². The molecule has 0 saturated heterocycles. The third kappa shape index (κ3) is 6.06. The van der Waals surface area contributed by atoms with Gasteiger partial charge in [0.25, 0.3) is 6.71 Å². The third-order valence-corrected chi connectivity index (χ3v) is 12.1. The molecule has 0 spiro atoms. The van der Waals surface area contributed by atoms with Crippen LogP contribution in [0.1, 0.15) is 11.1 Å². The molecule has 2 heterocycles. The van der Waals surface area contributed by atoms with E-state index in [1.54, 1.807) is 0 Å². The van der Waals surface area contributed by atoms with Gasteiger partial charge in [-0.15, -0.1) is 0 Å². The van der Waals surface area contributed by atoms with Gasteiger partial charge in [-0.3, -0.25) is 0 Å². The molecule has 9 aromatic rings. The first-order chi connectivity index (χ1) is 29.1. The van der Waals surface area contributed by atoms with Crippen LogP contribution in [0.2, 0.25) is 0 Å². The zero-order valence-corrected chi connectivity index (χ0v) is 32.9. The largest absolute Gasteiger partial charge is 0.458 e. The van der Waals surface area contributed by atoms with E-state index in [0.29, 0.717) is 0 Å². The molecule has 0 bridgehead atoms. The van der Waals surface area contributed by atoms with Crippen LogP contribution >= 0.6 is 0 Å². The van der Waals surface area contributed by atoms with Gasteiger partial charge in [-0.1, -0.05) is 146 Å². The van der Waals surface area contributed by atoms with E-state index in [0.717, 1.165) is 95.0 Å². The fourth-order valence-corrected chi connectivity index (χ4v) is 9.17. The van der Waals surface area contributed by atoms with Crippen LogP contribution in [0.5, 0.6) is 23.0 Å². The Morgan fingerprint density at radius 3 is 1.10 bits per heavy atom. The van der Waals surface area contributed by atoms with Crippen molar-refractivity contribution in [2.24, 2.45) is 0 Å². The fourth-order valence-electron chi connectivity index (χ4n) is 9.17. The molecule has 0 aromatic heterocycles. The van der Waals surface area contributed by atoms with Gasteiger partial charge in [0.15, 0.2) is 0 Å². The molecule has 2 aliphatic rings. The van der Waals surface area contributed by atoms with Crippen molar-refractivity contribution in [3.63, 3.8) is 0 Å². The molecule has 0 unspecified atom stereocenters. The Morgan fingerprint density at radius 1 is 0.305 bits per heavy atom. The minimum Gasteiger partial charge on any atom is -0.458 e. The van der Waals surface area contributed by atoms with E-state index in [1.165, 1.54) is 22.3 Å². The summed E-state index contributed by atoms with van der Waals surface area (Å²) in [5.74, 6) is 3.41. The summed E-state index contributed by atoms with van der Waals surface area (Å²) in [6, 6.07) is 72.0. The first-order valence-electron chi connectivity index (χ1n) is 20.4. The Bertz CT molecular complexity index is 2870. The molecular weight excluding hydrogens is 715 g/mol. The standard InChI is InChI=1S/C56H39BO2/c1-36-17-9-11-23-46(36)42-29-40(38-19-5-3-6-20-38)31-44(33-42)48-35-49(45-32-41(39-21-7-4-8-22-39)30-43(34-45)47-24-12-10-18-37(47)2)56-54-55(48)58-52-27-15-13-25-50(52)57(54)51-26-14-16-28-53(51)59-56/h3-35H,1-2H3. The summed E-state index contributed by atoms with van der Waals surface area (Å²) in [6.45, 7) is 4.29.